The van der Waals surface area contributed by atoms with Crippen LogP contribution in [0, 0.1) is 5.82 Å². The largest absolute Gasteiger partial charge is 0.451 e. The Bertz CT molecular complexity index is 853. The van der Waals surface area contributed by atoms with E-state index in [1.165, 1.54) is 12.1 Å². The minimum atomic E-state index is -4.64. The van der Waals surface area contributed by atoms with Gasteiger partial charge < -0.3 is 10.1 Å². The molecule has 2 aromatic rings. The lowest BCUT2D eigenvalue weighted by atomic mass is 9.75. The van der Waals surface area contributed by atoms with Crippen LogP contribution in [0.25, 0.3) is 0 Å². The Labute approximate surface area is 163 Å². The summed E-state index contributed by atoms with van der Waals surface area (Å²) in [6, 6.07) is 3.89. The first-order chi connectivity index (χ1) is 13.2. The number of rotatable bonds is 4. The fourth-order valence-electron chi connectivity index (χ4n) is 3.10. The molecule has 0 unspecified atom stereocenters. The van der Waals surface area contributed by atoms with Crippen LogP contribution in [-0.4, -0.2) is 35.6 Å². The van der Waals surface area contributed by atoms with Gasteiger partial charge in [0.25, 0.3) is 5.91 Å². The molecule has 1 aliphatic rings. The Balaban J connectivity index is 1.82. The smallest absolute Gasteiger partial charge is 0.381 e. The number of carbonyl (C=O) groups is 1. The lowest BCUT2D eigenvalue weighted by molar-refractivity contribution is -0.145. The molecule has 0 bridgehead atoms. The van der Waals surface area contributed by atoms with Gasteiger partial charge in [-0.25, -0.2) is 14.4 Å². The predicted molar refractivity (Wildman–Crippen MR) is 92.5 cm³/mol. The van der Waals surface area contributed by atoms with E-state index >= 15 is 0 Å². The van der Waals surface area contributed by atoms with Gasteiger partial charge in [0.15, 0.2) is 0 Å². The van der Waals surface area contributed by atoms with Gasteiger partial charge in [-0.05, 0) is 30.5 Å². The van der Waals surface area contributed by atoms with Crippen LogP contribution in [-0.2, 0) is 16.3 Å². The molecule has 0 saturated carbocycles. The number of carbonyl (C=O) groups excluding carboxylic acids is 1. The maximum Gasteiger partial charge on any atom is 0.451 e. The predicted octanol–water partition coefficient (Wildman–Crippen LogP) is 3.77. The summed E-state index contributed by atoms with van der Waals surface area (Å²) in [5, 5.41) is 2.40. The molecule has 1 aromatic heterocycles. The van der Waals surface area contributed by atoms with E-state index in [0.717, 1.165) is 18.5 Å². The molecule has 1 saturated heterocycles. The Morgan fingerprint density at radius 2 is 1.86 bits per heavy atom. The third-order valence-electron chi connectivity index (χ3n) is 4.75. The first-order valence-corrected chi connectivity index (χ1v) is 8.80. The Morgan fingerprint density at radius 3 is 2.46 bits per heavy atom. The Kier molecular flexibility index (Phi) is 5.85. The third-order valence-corrected chi connectivity index (χ3v) is 5.14. The van der Waals surface area contributed by atoms with Crippen molar-refractivity contribution < 1.29 is 27.1 Å². The number of nitrogens with zero attached hydrogens (tertiary/aromatic N) is 2. The zero-order chi connectivity index (χ0) is 20.4. The number of hydrogen-bond donors (Lipinski definition) is 1. The molecule has 5 nitrogen and oxygen atoms in total. The van der Waals surface area contributed by atoms with Crippen molar-refractivity contribution >= 4 is 17.5 Å². The molecular formula is C18H16ClF4N3O2. The van der Waals surface area contributed by atoms with Gasteiger partial charge in [-0.3, -0.25) is 4.79 Å². The van der Waals surface area contributed by atoms with Crippen molar-refractivity contribution in [1.82, 2.24) is 15.3 Å². The molecule has 1 aromatic carbocycles. The van der Waals surface area contributed by atoms with Crippen LogP contribution in [0.5, 0.6) is 0 Å². The van der Waals surface area contributed by atoms with Crippen molar-refractivity contribution in [3.8, 4) is 0 Å². The molecule has 3 rings (SSSR count). The highest BCUT2D eigenvalue weighted by Crippen LogP contribution is 2.35. The van der Waals surface area contributed by atoms with Crippen LogP contribution in [0.15, 0.2) is 30.6 Å². The van der Waals surface area contributed by atoms with E-state index in [1.54, 1.807) is 0 Å². The van der Waals surface area contributed by atoms with Crippen molar-refractivity contribution in [2.75, 3.05) is 19.8 Å². The maximum absolute atomic E-state index is 13.6. The molecule has 1 aliphatic heterocycles. The van der Waals surface area contributed by atoms with Gasteiger partial charge in [0.05, 0.1) is 10.6 Å². The number of amides is 1. The average molecular weight is 418 g/mol. The average Bonchev–Trinajstić information content (AvgIpc) is 2.68. The molecule has 10 heteroatoms. The molecule has 0 atom stereocenters. The van der Waals surface area contributed by atoms with Crippen LogP contribution in [0.1, 0.15) is 34.6 Å². The van der Waals surface area contributed by atoms with Gasteiger partial charge >= 0.3 is 6.18 Å². The van der Waals surface area contributed by atoms with Crippen LogP contribution >= 0.6 is 11.6 Å². The van der Waals surface area contributed by atoms with Crippen molar-refractivity contribution in [3.05, 3.63) is 58.4 Å². The van der Waals surface area contributed by atoms with Crippen LogP contribution in [0.3, 0.4) is 0 Å². The summed E-state index contributed by atoms with van der Waals surface area (Å²) < 4.78 is 57.1. The van der Waals surface area contributed by atoms with Gasteiger partial charge in [-0.2, -0.15) is 13.2 Å². The lowest BCUT2D eigenvalue weighted by Crippen LogP contribution is -2.45. The molecule has 0 radical (unpaired) electrons. The number of ether oxygens (including phenoxy) is 1. The van der Waals surface area contributed by atoms with E-state index in [9.17, 15) is 22.4 Å². The van der Waals surface area contributed by atoms with Crippen molar-refractivity contribution in [1.29, 1.82) is 0 Å². The highest BCUT2D eigenvalue weighted by molar-refractivity contribution is 6.34. The third kappa shape index (κ3) is 4.25. The van der Waals surface area contributed by atoms with Crippen LogP contribution in [0.4, 0.5) is 17.6 Å². The number of nitrogens with one attached hydrogen (secondary N) is 1. The SMILES string of the molecule is O=C(NCC1(c2cnc(C(F)(F)F)nc2)CCOCC1)c1cccc(F)c1Cl. The van der Waals surface area contributed by atoms with Crippen LogP contribution in [0.2, 0.25) is 5.02 Å². The monoisotopic (exact) mass is 417 g/mol. The lowest BCUT2D eigenvalue weighted by Gasteiger charge is -2.37. The number of hydrogen-bond acceptors (Lipinski definition) is 4. The molecule has 1 amide bonds. The minimum absolute atomic E-state index is 0.0208. The van der Waals surface area contributed by atoms with Crippen molar-refractivity contribution in [2.24, 2.45) is 0 Å². The van der Waals surface area contributed by atoms with Crippen LogP contribution < -0.4 is 5.32 Å². The molecular weight excluding hydrogens is 402 g/mol. The maximum atomic E-state index is 13.6. The quantitative estimate of drug-likeness (QED) is 0.769. The number of aromatic nitrogens is 2. The number of alkyl halides is 3. The minimum Gasteiger partial charge on any atom is -0.381 e. The van der Waals surface area contributed by atoms with E-state index < -0.39 is 29.1 Å². The van der Waals surface area contributed by atoms with Gasteiger partial charge in [0.1, 0.15) is 5.82 Å². The summed E-state index contributed by atoms with van der Waals surface area (Å²) in [4.78, 5) is 19.3. The summed E-state index contributed by atoms with van der Waals surface area (Å²) >= 11 is 5.84. The van der Waals surface area contributed by atoms with Crippen molar-refractivity contribution in [3.63, 3.8) is 0 Å². The van der Waals surface area contributed by atoms with Gasteiger partial charge in [-0.15, -0.1) is 0 Å². The second-order valence-electron chi connectivity index (χ2n) is 6.47. The topological polar surface area (TPSA) is 64.1 Å². The van der Waals surface area contributed by atoms with Gasteiger partial charge in [0.2, 0.25) is 5.82 Å². The van der Waals surface area contributed by atoms with Crippen molar-refractivity contribution in [2.45, 2.75) is 24.4 Å². The highest BCUT2D eigenvalue weighted by atomic mass is 35.5. The van der Waals surface area contributed by atoms with Gasteiger partial charge in [-0.1, -0.05) is 17.7 Å². The molecule has 0 spiro atoms. The summed E-state index contributed by atoms with van der Waals surface area (Å²) in [7, 11) is 0. The van der Waals surface area contributed by atoms with E-state index in [2.05, 4.69) is 15.3 Å². The number of halogens is 5. The molecule has 1 N–H and O–H groups in total. The van der Waals surface area contributed by atoms with E-state index in [1.807, 2.05) is 0 Å². The second kappa shape index (κ2) is 8.00. The molecule has 2 heterocycles. The Morgan fingerprint density at radius 1 is 1.21 bits per heavy atom. The standard InChI is InChI=1S/C18H16ClF4N3O2/c19-14-12(2-1-3-13(14)20)15(27)26-10-17(4-6-28-7-5-17)11-8-24-16(25-9-11)18(21,22)23/h1-3,8-9H,4-7,10H2,(H,26,27). The van der Waals surface area contributed by atoms with Gasteiger partial charge in [0, 0.05) is 37.6 Å². The van der Waals surface area contributed by atoms with E-state index in [-0.39, 0.29) is 17.1 Å². The summed E-state index contributed by atoms with van der Waals surface area (Å²) in [6.07, 6.45) is -1.47. The normalized spacial score (nSPS) is 16.6. The summed E-state index contributed by atoms with van der Waals surface area (Å²) in [6.45, 7) is 0.839. The zero-order valence-corrected chi connectivity index (χ0v) is 15.3. The molecule has 150 valence electrons. The molecule has 28 heavy (non-hydrogen) atoms. The number of benzene rings is 1. The summed E-state index contributed by atoms with van der Waals surface area (Å²) in [5.74, 6) is -2.52. The zero-order valence-electron chi connectivity index (χ0n) is 14.5. The Hall–Kier alpha value is -2.26. The van der Waals surface area contributed by atoms with E-state index in [4.69, 9.17) is 16.3 Å². The first-order valence-electron chi connectivity index (χ1n) is 8.43. The molecule has 1 fully saturated rings. The molecule has 0 aliphatic carbocycles. The van der Waals surface area contributed by atoms with E-state index in [0.29, 0.717) is 31.6 Å². The highest BCUT2D eigenvalue weighted by Gasteiger charge is 2.38. The second-order valence-corrected chi connectivity index (χ2v) is 6.85. The summed E-state index contributed by atoms with van der Waals surface area (Å²) in [5.41, 5.74) is -0.250. The fraction of sp³-hybridized carbons (Fsp3) is 0.389. The first kappa shape index (κ1) is 20.5. The fourth-order valence-corrected chi connectivity index (χ4v) is 3.31.